The van der Waals surface area contributed by atoms with Crippen LogP contribution in [-0.4, -0.2) is 48.4 Å². The summed E-state index contributed by atoms with van der Waals surface area (Å²) in [6, 6.07) is 9.72. The number of ether oxygens (including phenoxy) is 3. The van der Waals surface area contributed by atoms with Crippen LogP contribution in [0.5, 0.6) is 0 Å². The standard InChI is InChI=1S/C17H23NO5/c1-17(2,3)23-16(20)18-9-14(22-15(19)10-18)12-21-11-13-7-5-4-6-8-13/h4-8,14H,9-12H2,1-3H3. The summed E-state index contributed by atoms with van der Waals surface area (Å²) in [6.07, 6.45) is -0.991. The highest BCUT2D eigenvalue weighted by Crippen LogP contribution is 2.14. The van der Waals surface area contributed by atoms with Gasteiger partial charge in [-0.05, 0) is 26.3 Å². The van der Waals surface area contributed by atoms with Gasteiger partial charge in [0.25, 0.3) is 0 Å². The predicted octanol–water partition coefficient (Wildman–Crippen LogP) is 2.37. The fraction of sp³-hybridized carbons (Fsp3) is 0.529. The summed E-state index contributed by atoms with van der Waals surface area (Å²) < 4.78 is 16.1. The van der Waals surface area contributed by atoms with Crippen LogP contribution in [0, 0.1) is 0 Å². The van der Waals surface area contributed by atoms with E-state index in [9.17, 15) is 9.59 Å². The van der Waals surface area contributed by atoms with Crippen LogP contribution in [0.4, 0.5) is 4.79 Å². The molecule has 1 amide bonds. The van der Waals surface area contributed by atoms with Gasteiger partial charge >= 0.3 is 12.1 Å². The summed E-state index contributed by atoms with van der Waals surface area (Å²) >= 11 is 0. The first-order chi connectivity index (χ1) is 10.8. The number of rotatable bonds is 4. The zero-order valence-corrected chi connectivity index (χ0v) is 13.8. The second kappa shape index (κ2) is 7.46. The van der Waals surface area contributed by atoms with Gasteiger partial charge in [0.15, 0.2) is 0 Å². The average molecular weight is 321 g/mol. The lowest BCUT2D eigenvalue weighted by Gasteiger charge is -2.33. The monoisotopic (exact) mass is 321 g/mol. The lowest BCUT2D eigenvalue weighted by atomic mass is 10.2. The number of hydrogen-bond donors (Lipinski definition) is 0. The van der Waals surface area contributed by atoms with Crippen molar-refractivity contribution in [3.63, 3.8) is 0 Å². The average Bonchev–Trinajstić information content (AvgIpc) is 2.46. The van der Waals surface area contributed by atoms with E-state index >= 15 is 0 Å². The lowest BCUT2D eigenvalue weighted by Crippen LogP contribution is -2.50. The summed E-state index contributed by atoms with van der Waals surface area (Å²) in [5.41, 5.74) is 0.441. The Hall–Kier alpha value is -2.08. The number of amides is 1. The third-order valence-corrected chi connectivity index (χ3v) is 3.11. The zero-order valence-electron chi connectivity index (χ0n) is 13.8. The van der Waals surface area contributed by atoms with Gasteiger partial charge < -0.3 is 14.2 Å². The number of benzene rings is 1. The van der Waals surface area contributed by atoms with Crippen molar-refractivity contribution in [2.24, 2.45) is 0 Å². The van der Waals surface area contributed by atoms with Gasteiger partial charge in [0.2, 0.25) is 0 Å². The van der Waals surface area contributed by atoms with Gasteiger partial charge in [-0.2, -0.15) is 0 Å². The van der Waals surface area contributed by atoms with Gasteiger partial charge in [0, 0.05) is 0 Å². The number of carbonyl (C=O) groups is 2. The maximum atomic E-state index is 12.1. The van der Waals surface area contributed by atoms with Gasteiger partial charge in [-0.3, -0.25) is 9.69 Å². The number of esters is 1. The molecule has 0 aliphatic carbocycles. The molecule has 0 saturated carbocycles. The third-order valence-electron chi connectivity index (χ3n) is 3.11. The van der Waals surface area contributed by atoms with E-state index in [4.69, 9.17) is 14.2 Å². The molecule has 0 N–H and O–H groups in total. The van der Waals surface area contributed by atoms with Crippen molar-refractivity contribution in [3.8, 4) is 0 Å². The topological polar surface area (TPSA) is 65.1 Å². The van der Waals surface area contributed by atoms with Crippen molar-refractivity contribution in [1.82, 2.24) is 4.90 Å². The maximum absolute atomic E-state index is 12.1. The van der Waals surface area contributed by atoms with E-state index in [1.165, 1.54) is 4.90 Å². The minimum atomic E-state index is -0.599. The zero-order chi connectivity index (χ0) is 16.9. The molecule has 1 fully saturated rings. The van der Waals surface area contributed by atoms with E-state index in [1.807, 2.05) is 30.3 Å². The molecule has 1 atom stereocenters. The number of carbonyl (C=O) groups excluding carboxylic acids is 2. The molecule has 0 aromatic heterocycles. The minimum Gasteiger partial charge on any atom is -0.457 e. The highest BCUT2D eigenvalue weighted by atomic mass is 16.6. The molecule has 1 unspecified atom stereocenters. The summed E-state index contributed by atoms with van der Waals surface area (Å²) in [5, 5.41) is 0. The smallest absolute Gasteiger partial charge is 0.410 e. The van der Waals surface area contributed by atoms with Gasteiger partial charge in [-0.25, -0.2) is 4.79 Å². The van der Waals surface area contributed by atoms with Crippen molar-refractivity contribution in [2.45, 2.75) is 39.1 Å². The van der Waals surface area contributed by atoms with Crippen LogP contribution in [0.25, 0.3) is 0 Å². The predicted molar refractivity (Wildman–Crippen MR) is 83.8 cm³/mol. The molecule has 1 aliphatic heterocycles. The molecular weight excluding hydrogens is 298 g/mol. The normalized spacial score (nSPS) is 18.5. The van der Waals surface area contributed by atoms with Crippen molar-refractivity contribution >= 4 is 12.1 Å². The number of morpholine rings is 1. The van der Waals surface area contributed by atoms with Gasteiger partial charge in [-0.15, -0.1) is 0 Å². The summed E-state index contributed by atoms with van der Waals surface area (Å²) in [7, 11) is 0. The van der Waals surface area contributed by atoms with Gasteiger partial charge in [0.05, 0.1) is 19.8 Å². The molecule has 23 heavy (non-hydrogen) atoms. The minimum absolute atomic E-state index is 0.0932. The highest BCUT2D eigenvalue weighted by Gasteiger charge is 2.32. The molecule has 1 aliphatic rings. The Labute approximate surface area is 136 Å². The van der Waals surface area contributed by atoms with E-state index in [0.717, 1.165) is 5.56 Å². The first-order valence-electron chi connectivity index (χ1n) is 7.62. The molecule has 126 valence electrons. The fourth-order valence-corrected chi connectivity index (χ4v) is 2.16. The van der Waals surface area contributed by atoms with E-state index in [0.29, 0.717) is 6.61 Å². The van der Waals surface area contributed by atoms with E-state index in [1.54, 1.807) is 20.8 Å². The molecule has 0 radical (unpaired) electrons. The second-order valence-electron chi connectivity index (χ2n) is 6.47. The first kappa shape index (κ1) is 17.3. The molecule has 0 bridgehead atoms. The molecule has 1 saturated heterocycles. The van der Waals surface area contributed by atoms with Crippen LogP contribution in [0.3, 0.4) is 0 Å². The molecule has 2 rings (SSSR count). The van der Waals surface area contributed by atoms with Crippen LogP contribution >= 0.6 is 0 Å². The lowest BCUT2D eigenvalue weighted by molar-refractivity contribution is -0.162. The highest BCUT2D eigenvalue weighted by molar-refractivity contribution is 5.79. The van der Waals surface area contributed by atoms with Crippen LogP contribution < -0.4 is 0 Å². The van der Waals surface area contributed by atoms with Crippen LogP contribution in [-0.2, 0) is 25.6 Å². The van der Waals surface area contributed by atoms with Crippen LogP contribution in [0.2, 0.25) is 0 Å². The Balaban J connectivity index is 1.83. The van der Waals surface area contributed by atoms with Crippen molar-refractivity contribution in [3.05, 3.63) is 35.9 Å². The van der Waals surface area contributed by atoms with Crippen LogP contribution in [0.15, 0.2) is 30.3 Å². The van der Waals surface area contributed by atoms with Crippen LogP contribution in [0.1, 0.15) is 26.3 Å². The quantitative estimate of drug-likeness (QED) is 0.797. The van der Waals surface area contributed by atoms with E-state index in [-0.39, 0.29) is 19.7 Å². The van der Waals surface area contributed by atoms with E-state index in [2.05, 4.69) is 0 Å². The molecule has 6 nitrogen and oxygen atoms in total. The summed E-state index contributed by atoms with van der Waals surface area (Å²) in [5.74, 6) is -0.449. The van der Waals surface area contributed by atoms with Crippen molar-refractivity contribution < 1.29 is 23.8 Å². The Bertz CT molecular complexity index is 538. The molecule has 1 aromatic carbocycles. The Kier molecular flexibility index (Phi) is 5.60. The molecular formula is C17H23NO5. The summed E-state index contributed by atoms with van der Waals surface area (Å²) in [6.45, 7) is 6.20. The van der Waals surface area contributed by atoms with E-state index < -0.39 is 23.8 Å². The largest absolute Gasteiger partial charge is 0.457 e. The fourth-order valence-electron chi connectivity index (χ4n) is 2.16. The maximum Gasteiger partial charge on any atom is 0.410 e. The molecule has 6 heteroatoms. The second-order valence-corrected chi connectivity index (χ2v) is 6.47. The van der Waals surface area contributed by atoms with Crippen molar-refractivity contribution in [1.29, 1.82) is 0 Å². The number of nitrogens with zero attached hydrogens (tertiary/aromatic N) is 1. The Morgan fingerprint density at radius 2 is 2.00 bits per heavy atom. The first-order valence-corrected chi connectivity index (χ1v) is 7.62. The molecule has 0 spiro atoms. The Morgan fingerprint density at radius 3 is 2.65 bits per heavy atom. The Morgan fingerprint density at radius 1 is 1.30 bits per heavy atom. The number of hydrogen-bond acceptors (Lipinski definition) is 5. The SMILES string of the molecule is CC(C)(C)OC(=O)N1CC(=O)OC(COCc2ccccc2)C1. The third kappa shape index (κ3) is 5.90. The summed E-state index contributed by atoms with van der Waals surface area (Å²) in [4.78, 5) is 25.1. The van der Waals surface area contributed by atoms with Gasteiger partial charge in [0.1, 0.15) is 18.2 Å². The van der Waals surface area contributed by atoms with Gasteiger partial charge in [-0.1, -0.05) is 30.3 Å². The molecule has 1 aromatic rings. The van der Waals surface area contributed by atoms with Crippen molar-refractivity contribution in [2.75, 3.05) is 19.7 Å². The number of cyclic esters (lactones) is 1. The molecule has 1 heterocycles.